The van der Waals surface area contributed by atoms with Gasteiger partial charge in [-0.2, -0.15) is 5.26 Å². The summed E-state index contributed by atoms with van der Waals surface area (Å²) in [6.45, 7) is 2.02. The molecule has 0 saturated heterocycles. The molecule has 0 bridgehead atoms. The molecule has 2 atom stereocenters. The van der Waals surface area contributed by atoms with Gasteiger partial charge in [-0.05, 0) is 13.5 Å². The van der Waals surface area contributed by atoms with Crippen LogP contribution in [0.15, 0.2) is 0 Å². The van der Waals surface area contributed by atoms with Crippen LogP contribution in [-0.2, 0) is 0 Å². The predicted octanol–water partition coefficient (Wildman–Crippen LogP) is 0.259. The van der Waals surface area contributed by atoms with Crippen LogP contribution in [-0.4, -0.2) is 24.3 Å². The van der Waals surface area contributed by atoms with Crippen molar-refractivity contribution >= 4 is 0 Å². The van der Waals surface area contributed by atoms with Crippen molar-refractivity contribution in [3.05, 3.63) is 0 Å². The second-order valence-corrected chi connectivity index (χ2v) is 2.26. The van der Waals surface area contributed by atoms with Gasteiger partial charge in [-0.1, -0.05) is 13.3 Å². The van der Waals surface area contributed by atoms with E-state index in [1.807, 2.05) is 6.92 Å². The average molecular weight is 142 g/mol. The molecule has 58 valence electrons. The molecule has 0 aromatic rings. The molecule has 0 aliphatic heterocycles. The Labute approximate surface area is 61.7 Å². The number of nitrogens with one attached hydrogen (secondary N) is 1. The van der Waals surface area contributed by atoms with Gasteiger partial charge in [0.15, 0.2) is 6.10 Å². The molecule has 0 aromatic heterocycles. The molecule has 0 radical (unpaired) electrons. The summed E-state index contributed by atoms with van der Waals surface area (Å²) in [4.78, 5) is 0. The normalized spacial score (nSPS) is 15.8. The molecular weight excluding hydrogens is 128 g/mol. The lowest BCUT2D eigenvalue weighted by molar-refractivity contribution is 0.177. The van der Waals surface area contributed by atoms with Crippen molar-refractivity contribution in [1.82, 2.24) is 5.32 Å². The number of nitriles is 1. The summed E-state index contributed by atoms with van der Waals surface area (Å²) >= 11 is 0. The summed E-state index contributed by atoms with van der Waals surface area (Å²) in [5, 5.41) is 20.2. The zero-order valence-electron chi connectivity index (χ0n) is 6.46. The van der Waals surface area contributed by atoms with E-state index in [1.165, 1.54) is 0 Å². The standard InChI is InChI=1S/C7H14N2O/c1-3-4-6(9-2)7(10)5-8/h6-7,9-10H,3-4H2,1-2H3/t6-,7?/m0/s1. The lowest BCUT2D eigenvalue weighted by Crippen LogP contribution is -2.36. The lowest BCUT2D eigenvalue weighted by atomic mass is 10.1. The molecule has 0 spiro atoms. The number of rotatable bonds is 4. The van der Waals surface area contributed by atoms with Gasteiger partial charge < -0.3 is 10.4 Å². The van der Waals surface area contributed by atoms with E-state index in [9.17, 15) is 0 Å². The molecule has 3 nitrogen and oxygen atoms in total. The zero-order chi connectivity index (χ0) is 7.98. The van der Waals surface area contributed by atoms with Crippen LogP contribution in [0.25, 0.3) is 0 Å². The van der Waals surface area contributed by atoms with Crippen LogP contribution < -0.4 is 5.32 Å². The van der Waals surface area contributed by atoms with Crippen molar-refractivity contribution in [1.29, 1.82) is 5.26 Å². The molecule has 0 rings (SSSR count). The van der Waals surface area contributed by atoms with Gasteiger partial charge in [0.25, 0.3) is 0 Å². The summed E-state index contributed by atoms with van der Waals surface area (Å²) in [6, 6.07) is 1.72. The van der Waals surface area contributed by atoms with Gasteiger partial charge in [0.2, 0.25) is 0 Å². The van der Waals surface area contributed by atoms with Gasteiger partial charge in [0.1, 0.15) is 0 Å². The molecule has 0 aliphatic carbocycles. The number of likely N-dealkylation sites (N-methyl/N-ethyl adjacent to an activating group) is 1. The quantitative estimate of drug-likeness (QED) is 0.553. The first kappa shape index (κ1) is 9.41. The van der Waals surface area contributed by atoms with Gasteiger partial charge in [0, 0.05) is 6.04 Å². The topological polar surface area (TPSA) is 56.0 Å². The van der Waals surface area contributed by atoms with E-state index in [4.69, 9.17) is 10.4 Å². The predicted molar refractivity (Wildman–Crippen MR) is 39.4 cm³/mol. The van der Waals surface area contributed by atoms with E-state index in [1.54, 1.807) is 13.1 Å². The molecular formula is C7H14N2O. The molecule has 0 amide bonds. The first-order valence-electron chi connectivity index (χ1n) is 3.51. The van der Waals surface area contributed by atoms with Gasteiger partial charge in [-0.25, -0.2) is 0 Å². The molecule has 0 saturated carbocycles. The molecule has 3 heteroatoms. The Morgan fingerprint density at radius 1 is 1.70 bits per heavy atom. The third-order valence-corrected chi connectivity index (χ3v) is 1.48. The fourth-order valence-electron chi connectivity index (χ4n) is 0.861. The fourth-order valence-corrected chi connectivity index (χ4v) is 0.861. The van der Waals surface area contributed by atoms with E-state index >= 15 is 0 Å². The van der Waals surface area contributed by atoms with Gasteiger partial charge >= 0.3 is 0 Å². The van der Waals surface area contributed by atoms with Crippen LogP contribution in [0.4, 0.5) is 0 Å². The molecule has 0 heterocycles. The van der Waals surface area contributed by atoms with Crippen LogP contribution in [0.3, 0.4) is 0 Å². The highest BCUT2D eigenvalue weighted by Crippen LogP contribution is 2.00. The van der Waals surface area contributed by atoms with Crippen molar-refractivity contribution in [2.24, 2.45) is 0 Å². The number of hydrogen-bond donors (Lipinski definition) is 2. The number of aliphatic hydroxyl groups excluding tert-OH is 1. The van der Waals surface area contributed by atoms with E-state index < -0.39 is 6.10 Å². The Morgan fingerprint density at radius 3 is 2.60 bits per heavy atom. The highest BCUT2D eigenvalue weighted by atomic mass is 16.3. The SMILES string of the molecule is CCC[C@H](NC)C(O)C#N. The number of nitrogens with zero attached hydrogens (tertiary/aromatic N) is 1. The maximum atomic E-state index is 9.03. The number of hydrogen-bond acceptors (Lipinski definition) is 3. The zero-order valence-corrected chi connectivity index (χ0v) is 6.46. The van der Waals surface area contributed by atoms with E-state index in [2.05, 4.69) is 5.32 Å². The van der Waals surface area contributed by atoms with Crippen LogP contribution in [0, 0.1) is 11.3 Å². The Balaban J connectivity index is 3.71. The van der Waals surface area contributed by atoms with Crippen LogP contribution >= 0.6 is 0 Å². The van der Waals surface area contributed by atoms with Crippen molar-refractivity contribution in [3.8, 4) is 6.07 Å². The summed E-state index contributed by atoms with van der Waals surface area (Å²) < 4.78 is 0. The maximum absolute atomic E-state index is 9.03. The smallest absolute Gasteiger partial charge is 0.155 e. The Morgan fingerprint density at radius 2 is 2.30 bits per heavy atom. The van der Waals surface area contributed by atoms with Crippen LogP contribution in [0.2, 0.25) is 0 Å². The largest absolute Gasteiger partial charge is 0.376 e. The monoisotopic (exact) mass is 142 g/mol. The van der Waals surface area contributed by atoms with Gasteiger partial charge in [-0.15, -0.1) is 0 Å². The first-order valence-corrected chi connectivity index (χ1v) is 3.51. The third kappa shape index (κ3) is 2.81. The molecule has 1 unspecified atom stereocenters. The maximum Gasteiger partial charge on any atom is 0.155 e. The molecule has 2 N–H and O–H groups in total. The first-order chi connectivity index (χ1) is 4.76. The minimum atomic E-state index is -0.870. The highest BCUT2D eigenvalue weighted by molar-refractivity contribution is 4.91. The molecule has 0 aromatic carbocycles. The summed E-state index contributed by atoms with van der Waals surface area (Å²) in [5.41, 5.74) is 0. The van der Waals surface area contributed by atoms with E-state index in [0.717, 1.165) is 12.8 Å². The van der Waals surface area contributed by atoms with Crippen LogP contribution in [0.5, 0.6) is 0 Å². The van der Waals surface area contributed by atoms with Crippen molar-refractivity contribution in [3.63, 3.8) is 0 Å². The average Bonchev–Trinajstić information content (AvgIpc) is 1.99. The third-order valence-electron chi connectivity index (χ3n) is 1.48. The van der Waals surface area contributed by atoms with E-state index in [0.29, 0.717) is 0 Å². The van der Waals surface area contributed by atoms with Crippen LogP contribution in [0.1, 0.15) is 19.8 Å². The van der Waals surface area contributed by atoms with Crippen molar-refractivity contribution in [2.75, 3.05) is 7.05 Å². The lowest BCUT2D eigenvalue weighted by Gasteiger charge is -2.15. The second kappa shape index (κ2) is 5.21. The summed E-state index contributed by atoms with van der Waals surface area (Å²) in [6.07, 6.45) is 0.945. The van der Waals surface area contributed by atoms with Gasteiger partial charge in [-0.3, -0.25) is 0 Å². The second-order valence-electron chi connectivity index (χ2n) is 2.26. The molecule has 0 fully saturated rings. The van der Waals surface area contributed by atoms with Gasteiger partial charge in [0.05, 0.1) is 6.07 Å². The van der Waals surface area contributed by atoms with E-state index in [-0.39, 0.29) is 6.04 Å². The minimum Gasteiger partial charge on any atom is -0.376 e. The fraction of sp³-hybridized carbons (Fsp3) is 0.857. The Kier molecular flexibility index (Phi) is 4.91. The summed E-state index contributed by atoms with van der Waals surface area (Å²) in [5.74, 6) is 0. The van der Waals surface area contributed by atoms with Crippen molar-refractivity contribution < 1.29 is 5.11 Å². The van der Waals surface area contributed by atoms with Crippen molar-refractivity contribution in [2.45, 2.75) is 31.9 Å². The summed E-state index contributed by atoms with van der Waals surface area (Å²) in [7, 11) is 1.75. The molecule has 0 aliphatic rings. The highest BCUT2D eigenvalue weighted by Gasteiger charge is 2.14. The molecule has 10 heavy (non-hydrogen) atoms. The Bertz CT molecular complexity index is 119. The number of aliphatic hydroxyl groups is 1. The Hall–Kier alpha value is -0.590. The minimum absolute atomic E-state index is 0.0741.